The summed E-state index contributed by atoms with van der Waals surface area (Å²) in [6, 6.07) is 5.01. The fourth-order valence-corrected chi connectivity index (χ4v) is 3.15. The summed E-state index contributed by atoms with van der Waals surface area (Å²) in [4.78, 5) is 12.4. The van der Waals surface area contributed by atoms with Crippen LogP contribution in [0.4, 0.5) is 13.2 Å². The molecule has 0 heterocycles. The van der Waals surface area contributed by atoms with Crippen molar-refractivity contribution >= 4 is 5.91 Å². The predicted molar refractivity (Wildman–Crippen MR) is 92.9 cm³/mol. The zero-order valence-electron chi connectivity index (χ0n) is 15.4. The molecule has 0 radical (unpaired) electrons. The fourth-order valence-electron chi connectivity index (χ4n) is 3.15. The molecule has 0 aliphatic heterocycles. The number of halogens is 3. The third kappa shape index (κ3) is 5.23. The van der Waals surface area contributed by atoms with E-state index in [0.717, 1.165) is 43.4 Å². The molecular weight excluding hydrogens is 327 g/mol. The molecule has 2 rings (SSSR count). The number of carbonyl (C=O) groups is 1. The van der Waals surface area contributed by atoms with Crippen molar-refractivity contribution in [3.05, 3.63) is 35.4 Å². The quantitative estimate of drug-likeness (QED) is 0.693. The van der Waals surface area contributed by atoms with E-state index in [0.29, 0.717) is 11.8 Å². The Kier molecular flexibility index (Phi) is 5.85. The zero-order valence-corrected chi connectivity index (χ0v) is 15.4. The van der Waals surface area contributed by atoms with Gasteiger partial charge in [-0.05, 0) is 36.0 Å². The van der Waals surface area contributed by atoms with Crippen molar-refractivity contribution < 1.29 is 18.0 Å². The Balaban J connectivity index is 2.18. The van der Waals surface area contributed by atoms with Gasteiger partial charge in [0, 0.05) is 5.41 Å². The molecule has 1 fully saturated rings. The van der Waals surface area contributed by atoms with Gasteiger partial charge in [0.2, 0.25) is 5.91 Å². The maximum Gasteiger partial charge on any atom is 0.416 e. The summed E-state index contributed by atoms with van der Waals surface area (Å²) in [5.41, 5.74) is -0.428. The Bertz CT molecular complexity index is 586. The van der Waals surface area contributed by atoms with Gasteiger partial charge in [-0.1, -0.05) is 59.1 Å². The van der Waals surface area contributed by atoms with Gasteiger partial charge in [0.15, 0.2) is 0 Å². The first-order valence-corrected chi connectivity index (χ1v) is 9.02. The molecule has 0 spiro atoms. The molecule has 25 heavy (non-hydrogen) atoms. The van der Waals surface area contributed by atoms with Crippen LogP contribution in [-0.2, 0) is 11.0 Å². The molecule has 140 valence electrons. The highest BCUT2D eigenvalue weighted by molar-refractivity contribution is 5.81. The molecule has 1 aliphatic rings. The van der Waals surface area contributed by atoms with Gasteiger partial charge in [0.05, 0.1) is 11.6 Å². The molecule has 1 aromatic rings. The Morgan fingerprint density at radius 1 is 1.20 bits per heavy atom. The SMILES string of the molecule is CCCC[C@@H]1C[C@H]1C(NC(=O)C(C)(C)C)c1ccc(C(F)(F)F)cc1. The number of hydrogen-bond acceptors (Lipinski definition) is 1. The Morgan fingerprint density at radius 3 is 2.28 bits per heavy atom. The average Bonchev–Trinajstić information content (AvgIpc) is 3.28. The summed E-state index contributed by atoms with van der Waals surface area (Å²) in [6.07, 6.45) is 0.0718. The summed E-state index contributed by atoms with van der Waals surface area (Å²) in [7, 11) is 0. The van der Waals surface area contributed by atoms with E-state index in [4.69, 9.17) is 0 Å². The highest BCUT2D eigenvalue weighted by Crippen LogP contribution is 2.50. The number of hydrogen-bond donors (Lipinski definition) is 1. The van der Waals surface area contributed by atoms with Crippen molar-refractivity contribution in [2.45, 2.75) is 65.6 Å². The van der Waals surface area contributed by atoms with Crippen LogP contribution in [0.1, 0.15) is 70.5 Å². The van der Waals surface area contributed by atoms with Gasteiger partial charge in [-0.25, -0.2) is 0 Å². The summed E-state index contributed by atoms with van der Waals surface area (Å²) in [5, 5.41) is 3.08. The molecule has 0 bridgehead atoms. The zero-order chi connectivity index (χ0) is 18.8. The largest absolute Gasteiger partial charge is 0.416 e. The molecule has 1 amide bonds. The van der Waals surface area contributed by atoms with Crippen LogP contribution < -0.4 is 5.32 Å². The van der Waals surface area contributed by atoms with Crippen LogP contribution in [0.3, 0.4) is 0 Å². The van der Waals surface area contributed by atoms with Crippen LogP contribution in [0.5, 0.6) is 0 Å². The van der Waals surface area contributed by atoms with E-state index in [1.807, 2.05) is 20.8 Å². The van der Waals surface area contributed by atoms with Crippen molar-refractivity contribution in [2.75, 3.05) is 0 Å². The van der Waals surface area contributed by atoms with Crippen LogP contribution in [0.15, 0.2) is 24.3 Å². The van der Waals surface area contributed by atoms with Gasteiger partial charge in [0.1, 0.15) is 0 Å². The number of rotatable bonds is 6. The van der Waals surface area contributed by atoms with Crippen molar-refractivity contribution in [2.24, 2.45) is 17.3 Å². The number of carbonyl (C=O) groups excluding carboxylic acids is 1. The molecule has 1 aromatic carbocycles. The standard InChI is InChI=1S/C20H28F3NO/c1-5-6-7-14-12-16(14)17(24-18(25)19(2,3)4)13-8-10-15(11-9-13)20(21,22)23/h8-11,14,16-17H,5-7,12H2,1-4H3,(H,24,25)/t14-,16-,17?/m1/s1. The van der Waals surface area contributed by atoms with Gasteiger partial charge in [-0.2, -0.15) is 13.2 Å². The molecule has 3 atom stereocenters. The van der Waals surface area contributed by atoms with E-state index < -0.39 is 17.2 Å². The molecule has 1 N–H and O–H groups in total. The molecular formula is C20H28F3NO. The van der Waals surface area contributed by atoms with E-state index in [2.05, 4.69) is 12.2 Å². The lowest BCUT2D eigenvalue weighted by atomic mass is 9.92. The second-order valence-corrected chi connectivity index (χ2v) is 8.12. The highest BCUT2D eigenvalue weighted by Gasteiger charge is 2.44. The summed E-state index contributed by atoms with van der Waals surface area (Å²) in [6.45, 7) is 7.67. The summed E-state index contributed by atoms with van der Waals surface area (Å²) >= 11 is 0. The Hall–Kier alpha value is -1.52. The van der Waals surface area contributed by atoms with Gasteiger partial charge >= 0.3 is 6.18 Å². The van der Waals surface area contributed by atoms with Crippen molar-refractivity contribution in [3.63, 3.8) is 0 Å². The molecule has 1 saturated carbocycles. The molecule has 1 unspecified atom stereocenters. The minimum atomic E-state index is -4.34. The number of benzene rings is 1. The first kappa shape index (κ1) is 19.8. The maximum absolute atomic E-state index is 12.8. The topological polar surface area (TPSA) is 29.1 Å². The van der Waals surface area contributed by atoms with E-state index >= 15 is 0 Å². The second kappa shape index (κ2) is 7.38. The van der Waals surface area contributed by atoms with E-state index in [1.54, 1.807) is 0 Å². The van der Waals surface area contributed by atoms with Crippen molar-refractivity contribution in [3.8, 4) is 0 Å². The lowest BCUT2D eigenvalue weighted by Crippen LogP contribution is -2.38. The normalized spacial score (nSPS) is 21.7. The Labute approximate surface area is 148 Å². The highest BCUT2D eigenvalue weighted by atomic mass is 19.4. The van der Waals surface area contributed by atoms with Crippen molar-refractivity contribution in [1.29, 1.82) is 0 Å². The van der Waals surface area contributed by atoms with E-state index in [9.17, 15) is 18.0 Å². The number of unbranched alkanes of at least 4 members (excludes halogenated alkanes) is 1. The molecule has 0 saturated heterocycles. The van der Waals surface area contributed by atoms with Crippen LogP contribution >= 0.6 is 0 Å². The van der Waals surface area contributed by atoms with E-state index in [-0.39, 0.29) is 11.9 Å². The summed E-state index contributed by atoms with van der Waals surface area (Å²) < 4.78 is 38.4. The predicted octanol–water partition coefficient (Wildman–Crippen LogP) is 5.74. The van der Waals surface area contributed by atoms with Crippen LogP contribution in [0.25, 0.3) is 0 Å². The first-order valence-electron chi connectivity index (χ1n) is 9.02. The molecule has 5 heteroatoms. The fraction of sp³-hybridized carbons (Fsp3) is 0.650. The average molecular weight is 355 g/mol. The van der Waals surface area contributed by atoms with E-state index in [1.165, 1.54) is 12.1 Å². The third-order valence-electron chi connectivity index (χ3n) is 4.90. The maximum atomic E-state index is 12.8. The molecule has 0 aromatic heterocycles. The van der Waals surface area contributed by atoms with Crippen LogP contribution in [0, 0.1) is 17.3 Å². The van der Waals surface area contributed by atoms with Gasteiger partial charge in [-0.15, -0.1) is 0 Å². The van der Waals surface area contributed by atoms with Gasteiger partial charge in [0.25, 0.3) is 0 Å². The lowest BCUT2D eigenvalue weighted by Gasteiger charge is -2.25. The Morgan fingerprint density at radius 2 is 1.80 bits per heavy atom. The number of nitrogens with one attached hydrogen (secondary N) is 1. The molecule has 1 aliphatic carbocycles. The second-order valence-electron chi connectivity index (χ2n) is 8.12. The summed E-state index contributed by atoms with van der Waals surface area (Å²) in [5.74, 6) is 0.792. The number of alkyl halides is 3. The third-order valence-corrected chi connectivity index (χ3v) is 4.90. The molecule has 2 nitrogen and oxygen atoms in total. The monoisotopic (exact) mass is 355 g/mol. The van der Waals surface area contributed by atoms with Crippen LogP contribution in [-0.4, -0.2) is 5.91 Å². The first-order chi connectivity index (χ1) is 11.5. The van der Waals surface area contributed by atoms with Gasteiger partial charge in [-0.3, -0.25) is 4.79 Å². The minimum absolute atomic E-state index is 0.0708. The van der Waals surface area contributed by atoms with Crippen LogP contribution in [0.2, 0.25) is 0 Å². The minimum Gasteiger partial charge on any atom is -0.349 e. The van der Waals surface area contributed by atoms with Gasteiger partial charge < -0.3 is 5.32 Å². The lowest BCUT2D eigenvalue weighted by molar-refractivity contribution is -0.137. The van der Waals surface area contributed by atoms with Crippen molar-refractivity contribution in [1.82, 2.24) is 5.32 Å². The number of amides is 1. The smallest absolute Gasteiger partial charge is 0.349 e.